The number of piperazine rings is 2. The Labute approximate surface area is 358 Å². The quantitative estimate of drug-likeness (QED) is 0.124. The van der Waals surface area contributed by atoms with E-state index in [9.17, 15) is 9.59 Å². The van der Waals surface area contributed by atoms with Gasteiger partial charge in [-0.05, 0) is 66.1 Å². The molecule has 8 rings (SSSR count). The summed E-state index contributed by atoms with van der Waals surface area (Å²) in [5.41, 5.74) is 3.75. The van der Waals surface area contributed by atoms with Gasteiger partial charge >= 0.3 is 11.9 Å². The van der Waals surface area contributed by atoms with Crippen molar-refractivity contribution in [3.63, 3.8) is 0 Å². The maximum Gasteiger partial charge on any atom is 0.417 e. The average molecular weight is 856 g/mol. The van der Waals surface area contributed by atoms with Crippen LogP contribution < -0.4 is 9.80 Å². The molecule has 2 atom stereocenters. The van der Waals surface area contributed by atoms with Crippen molar-refractivity contribution in [1.82, 2.24) is 48.8 Å². The van der Waals surface area contributed by atoms with E-state index in [0.29, 0.717) is 66.8 Å². The normalized spacial score (nSPS) is 16.4. The van der Waals surface area contributed by atoms with Crippen molar-refractivity contribution in [1.29, 1.82) is 0 Å². The van der Waals surface area contributed by atoms with Gasteiger partial charge in [-0.3, -0.25) is 0 Å². The number of carbonyl (C=O) groups excluding carboxylic acids is 2. The summed E-state index contributed by atoms with van der Waals surface area (Å²) in [6.07, 6.45) is 0. The largest absolute Gasteiger partial charge is 0.455 e. The number of hydrogen-bond acceptors (Lipinski definition) is 14. The fraction of sp³-hybridized carbons (Fsp3) is 0.429. The molecule has 0 N–H and O–H groups in total. The second-order valence-electron chi connectivity index (χ2n) is 15.6. The van der Waals surface area contributed by atoms with Gasteiger partial charge in [0, 0.05) is 63.5 Å². The molecule has 0 bridgehead atoms. The molecular formula is C42H48Cl2N12O4. The number of fused-ring (bicyclic) bond motifs is 2. The molecule has 0 unspecified atom stereocenters. The zero-order chi connectivity index (χ0) is 42.2. The third kappa shape index (κ3) is 8.20. The molecule has 2 fully saturated rings. The van der Waals surface area contributed by atoms with Gasteiger partial charge in [-0.15, -0.1) is 0 Å². The summed E-state index contributed by atoms with van der Waals surface area (Å²) >= 11 is 13.5. The third-order valence-corrected chi connectivity index (χ3v) is 11.7. The summed E-state index contributed by atoms with van der Waals surface area (Å²) in [7, 11) is 4.20. The topological polar surface area (TPSA) is 153 Å². The minimum atomic E-state index is -1.13. The lowest BCUT2D eigenvalue weighted by atomic mass is 10.2. The van der Waals surface area contributed by atoms with Crippen molar-refractivity contribution >= 4 is 69.1 Å². The number of ether oxygens (including phenoxy) is 2. The van der Waals surface area contributed by atoms with Gasteiger partial charge in [0.25, 0.3) is 0 Å². The standard InChI is InChI=1S/C42H48Cl2N12O4/c1-25(55-35(29-11-7-9-13-31(29)43)49-33-37(45-27(3)47-39(33)55)53-19-15-51(5)16-20-53)23-59-41(57)42(58)60-24-26(2)56-36(30-12-8-10-14-32(30)44)50-34-38(46-28(4)48-40(34)56)54-21-17-52(6)18-22-54/h7-14,25-26H,15-24H2,1-6H3/t25-,26-/m1/s1. The van der Waals surface area contributed by atoms with Crippen LogP contribution in [-0.4, -0.2) is 140 Å². The Morgan fingerprint density at radius 1 is 0.583 bits per heavy atom. The van der Waals surface area contributed by atoms with E-state index in [1.54, 1.807) is 12.1 Å². The van der Waals surface area contributed by atoms with Gasteiger partial charge in [0.15, 0.2) is 34.0 Å². The second-order valence-corrected chi connectivity index (χ2v) is 16.4. The molecule has 314 valence electrons. The van der Waals surface area contributed by atoms with Gasteiger partial charge in [0.1, 0.15) is 36.5 Å². The minimum Gasteiger partial charge on any atom is -0.455 e. The molecule has 2 aliphatic heterocycles. The van der Waals surface area contributed by atoms with Crippen LogP contribution in [0.15, 0.2) is 48.5 Å². The first-order valence-corrected chi connectivity index (χ1v) is 20.9. The van der Waals surface area contributed by atoms with Crippen molar-refractivity contribution < 1.29 is 19.1 Å². The number of likely N-dealkylation sites (N-methyl/N-ethyl adjacent to an activating group) is 2. The number of esters is 2. The van der Waals surface area contributed by atoms with Crippen LogP contribution in [0.4, 0.5) is 11.6 Å². The molecular weight excluding hydrogens is 807 g/mol. The molecule has 4 aromatic heterocycles. The molecule has 2 saturated heterocycles. The first-order valence-electron chi connectivity index (χ1n) is 20.1. The third-order valence-electron chi connectivity index (χ3n) is 11.1. The number of imidazole rings is 2. The molecule has 18 heteroatoms. The number of rotatable bonds is 10. The lowest BCUT2D eigenvalue weighted by Gasteiger charge is -2.33. The lowest BCUT2D eigenvalue weighted by Crippen LogP contribution is -2.45. The molecule has 60 heavy (non-hydrogen) atoms. The molecule has 6 heterocycles. The van der Waals surface area contributed by atoms with Crippen molar-refractivity contribution in [3.8, 4) is 22.8 Å². The lowest BCUT2D eigenvalue weighted by molar-refractivity contribution is -0.168. The predicted molar refractivity (Wildman–Crippen MR) is 232 cm³/mol. The van der Waals surface area contributed by atoms with E-state index < -0.39 is 24.0 Å². The Balaban J connectivity index is 1.03. The van der Waals surface area contributed by atoms with E-state index in [2.05, 4.69) is 33.7 Å². The number of halogens is 2. The Hall–Kier alpha value is -5.42. The van der Waals surface area contributed by atoms with Gasteiger partial charge in [-0.1, -0.05) is 47.5 Å². The van der Waals surface area contributed by atoms with E-state index in [1.807, 2.05) is 73.2 Å². The highest BCUT2D eigenvalue weighted by Crippen LogP contribution is 2.37. The van der Waals surface area contributed by atoms with Crippen LogP contribution in [-0.2, 0) is 19.1 Å². The van der Waals surface area contributed by atoms with E-state index >= 15 is 0 Å². The van der Waals surface area contributed by atoms with Crippen LogP contribution in [0.5, 0.6) is 0 Å². The molecule has 2 aromatic carbocycles. The minimum absolute atomic E-state index is 0.173. The molecule has 0 amide bonds. The van der Waals surface area contributed by atoms with Crippen LogP contribution >= 0.6 is 23.2 Å². The Kier molecular flexibility index (Phi) is 11.9. The van der Waals surface area contributed by atoms with Crippen molar-refractivity contribution in [2.24, 2.45) is 0 Å². The molecule has 0 saturated carbocycles. The second kappa shape index (κ2) is 17.3. The summed E-state index contributed by atoms with van der Waals surface area (Å²) in [6.45, 7) is 13.8. The summed E-state index contributed by atoms with van der Waals surface area (Å²) in [6, 6.07) is 13.8. The van der Waals surface area contributed by atoms with E-state index in [0.717, 1.165) is 64.0 Å². The predicted octanol–water partition coefficient (Wildman–Crippen LogP) is 5.64. The summed E-state index contributed by atoms with van der Waals surface area (Å²) in [4.78, 5) is 65.1. The van der Waals surface area contributed by atoms with Crippen molar-refractivity contribution in [3.05, 3.63) is 70.2 Å². The van der Waals surface area contributed by atoms with Crippen LogP contribution in [0.1, 0.15) is 37.6 Å². The number of aryl methyl sites for hydroxylation is 2. The maximum atomic E-state index is 13.3. The van der Waals surface area contributed by atoms with Crippen molar-refractivity contribution in [2.75, 3.05) is 89.5 Å². The number of benzene rings is 2. The SMILES string of the molecule is Cc1nc(N2CCN(C)CC2)c2nc(-c3ccccc3Cl)n([C@H](C)COC(=O)C(=O)OC[C@@H](C)n3c(-c4ccccc4Cl)nc4c(N5CCN(C)CC5)nc(C)nc43)c2n1. The van der Waals surface area contributed by atoms with Gasteiger partial charge < -0.3 is 38.2 Å². The van der Waals surface area contributed by atoms with E-state index in [1.165, 1.54) is 0 Å². The van der Waals surface area contributed by atoms with Crippen LogP contribution in [0, 0.1) is 13.8 Å². The van der Waals surface area contributed by atoms with Crippen LogP contribution in [0.2, 0.25) is 10.0 Å². The molecule has 0 aliphatic carbocycles. The monoisotopic (exact) mass is 854 g/mol. The number of anilines is 2. The molecule has 6 aromatic rings. The Morgan fingerprint density at radius 3 is 1.32 bits per heavy atom. The van der Waals surface area contributed by atoms with Crippen LogP contribution in [0.25, 0.3) is 45.1 Å². The fourth-order valence-electron chi connectivity index (χ4n) is 7.77. The van der Waals surface area contributed by atoms with Gasteiger partial charge in [0.2, 0.25) is 0 Å². The highest BCUT2D eigenvalue weighted by molar-refractivity contribution is 6.33. The summed E-state index contributed by atoms with van der Waals surface area (Å²) in [5.74, 6) is 1.46. The highest BCUT2D eigenvalue weighted by Gasteiger charge is 2.30. The van der Waals surface area contributed by atoms with Gasteiger partial charge in [0.05, 0.1) is 22.1 Å². The molecule has 0 radical (unpaired) electrons. The zero-order valence-electron chi connectivity index (χ0n) is 34.6. The van der Waals surface area contributed by atoms with Crippen molar-refractivity contribution in [2.45, 2.75) is 39.8 Å². The summed E-state index contributed by atoms with van der Waals surface area (Å²) < 4.78 is 15.1. The number of aromatic nitrogens is 8. The van der Waals surface area contributed by atoms with E-state index in [-0.39, 0.29) is 13.2 Å². The fourth-order valence-corrected chi connectivity index (χ4v) is 8.21. The van der Waals surface area contributed by atoms with E-state index in [4.69, 9.17) is 62.6 Å². The van der Waals surface area contributed by atoms with Gasteiger partial charge in [-0.25, -0.2) is 39.5 Å². The highest BCUT2D eigenvalue weighted by atomic mass is 35.5. The smallest absolute Gasteiger partial charge is 0.417 e. The molecule has 0 spiro atoms. The molecule has 16 nitrogen and oxygen atoms in total. The Bertz CT molecular complexity index is 2390. The first kappa shape index (κ1) is 41.3. The maximum absolute atomic E-state index is 13.3. The average Bonchev–Trinajstić information content (AvgIpc) is 3.81. The summed E-state index contributed by atoms with van der Waals surface area (Å²) in [5, 5.41) is 1.00. The Morgan fingerprint density at radius 2 is 0.950 bits per heavy atom. The first-order chi connectivity index (χ1) is 28.9. The molecule has 2 aliphatic rings. The number of carbonyl (C=O) groups is 2. The van der Waals surface area contributed by atoms with Crippen LogP contribution in [0.3, 0.4) is 0 Å². The number of hydrogen-bond donors (Lipinski definition) is 0. The van der Waals surface area contributed by atoms with Gasteiger partial charge in [-0.2, -0.15) is 0 Å². The zero-order valence-corrected chi connectivity index (χ0v) is 36.1. The number of nitrogens with zero attached hydrogens (tertiary/aromatic N) is 12.